The van der Waals surface area contributed by atoms with Crippen molar-refractivity contribution in [1.82, 2.24) is 5.32 Å². The van der Waals surface area contributed by atoms with Gasteiger partial charge in [-0.05, 0) is 36.6 Å². The van der Waals surface area contributed by atoms with Gasteiger partial charge in [0.05, 0.1) is 6.61 Å². The Morgan fingerprint density at radius 3 is 2.25 bits per heavy atom. The molecule has 0 heterocycles. The molecule has 0 fully saturated rings. The van der Waals surface area contributed by atoms with Gasteiger partial charge in [-0.25, -0.2) is 0 Å². The lowest BCUT2D eigenvalue weighted by Crippen LogP contribution is -2.36. The van der Waals surface area contributed by atoms with Crippen LogP contribution >= 0.6 is 0 Å². The van der Waals surface area contributed by atoms with Gasteiger partial charge < -0.3 is 15.5 Å². The van der Waals surface area contributed by atoms with Crippen LogP contribution in [0.2, 0.25) is 0 Å². The number of benzene rings is 2. The molecule has 2 aromatic carbocycles. The minimum Gasteiger partial charge on any atom is -0.508 e. The molecule has 3 heteroatoms. The first-order chi connectivity index (χ1) is 9.69. The molecule has 3 N–H and O–H groups in total. The molecular weight excluding hydrogens is 250 g/mol. The highest BCUT2D eigenvalue weighted by atomic mass is 16.3. The van der Waals surface area contributed by atoms with Gasteiger partial charge in [0.1, 0.15) is 5.75 Å². The van der Waals surface area contributed by atoms with Gasteiger partial charge >= 0.3 is 0 Å². The third-order valence-electron chi connectivity index (χ3n) is 3.42. The van der Waals surface area contributed by atoms with Gasteiger partial charge in [0.2, 0.25) is 0 Å². The van der Waals surface area contributed by atoms with Crippen molar-refractivity contribution < 1.29 is 10.2 Å². The first-order valence-electron chi connectivity index (χ1n) is 6.89. The van der Waals surface area contributed by atoms with Gasteiger partial charge in [0.25, 0.3) is 0 Å². The molecule has 0 saturated carbocycles. The zero-order valence-electron chi connectivity index (χ0n) is 11.7. The molecule has 2 atom stereocenters. The summed E-state index contributed by atoms with van der Waals surface area (Å²) in [5.74, 6) is 0.268. The Morgan fingerprint density at radius 1 is 1.00 bits per heavy atom. The van der Waals surface area contributed by atoms with Crippen LogP contribution in [0.5, 0.6) is 5.75 Å². The smallest absolute Gasteiger partial charge is 0.115 e. The molecule has 0 bridgehead atoms. The summed E-state index contributed by atoms with van der Waals surface area (Å²) in [6.45, 7) is 2.15. The second-order valence-electron chi connectivity index (χ2n) is 5.05. The fourth-order valence-corrected chi connectivity index (χ4v) is 2.29. The predicted molar refractivity (Wildman–Crippen MR) is 80.7 cm³/mol. The van der Waals surface area contributed by atoms with Gasteiger partial charge in [-0.1, -0.05) is 42.5 Å². The molecule has 2 aromatic rings. The van der Waals surface area contributed by atoms with Gasteiger partial charge in [0.15, 0.2) is 0 Å². The molecule has 20 heavy (non-hydrogen) atoms. The van der Waals surface area contributed by atoms with E-state index in [1.54, 1.807) is 12.1 Å². The van der Waals surface area contributed by atoms with E-state index >= 15 is 0 Å². The second kappa shape index (κ2) is 7.08. The largest absolute Gasteiger partial charge is 0.508 e. The molecular formula is C17H21NO2. The maximum absolute atomic E-state index is 9.52. The quantitative estimate of drug-likeness (QED) is 0.757. The van der Waals surface area contributed by atoms with E-state index in [0.717, 1.165) is 12.0 Å². The highest BCUT2D eigenvalue weighted by Gasteiger charge is 2.13. The maximum atomic E-state index is 9.52. The average molecular weight is 271 g/mol. The first-order valence-corrected chi connectivity index (χ1v) is 6.89. The highest BCUT2D eigenvalue weighted by molar-refractivity contribution is 5.27. The standard InChI is InChI=1S/C17H21NO2/c1-13(15-7-9-17(20)10-8-15)18-16(12-19)11-14-5-3-2-4-6-14/h2-10,13,16,18-20H,11-12H2,1H3/t13?,16-/m1/s1. The number of aliphatic hydroxyl groups excluding tert-OH is 1. The fraction of sp³-hybridized carbons (Fsp3) is 0.294. The number of aromatic hydroxyl groups is 1. The monoisotopic (exact) mass is 271 g/mol. The lowest BCUT2D eigenvalue weighted by molar-refractivity contribution is 0.232. The zero-order valence-corrected chi connectivity index (χ0v) is 11.7. The zero-order chi connectivity index (χ0) is 14.4. The van der Waals surface area contributed by atoms with E-state index < -0.39 is 0 Å². The summed E-state index contributed by atoms with van der Waals surface area (Å²) in [5, 5.41) is 22.2. The summed E-state index contributed by atoms with van der Waals surface area (Å²) in [5.41, 5.74) is 2.30. The van der Waals surface area contributed by atoms with Crippen molar-refractivity contribution in [2.75, 3.05) is 6.61 Å². The summed E-state index contributed by atoms with van der Waals surface area (Å²) >= 11 is 0. The third kappa shape index (κ3) is 4.08. The lowest BCUT2D eigenvalue weighted by atomic mass is 10.0. The maximum Gasteiger partial charge on any atom is 0.115 e. The van der Waals surface area contributed by atoms with Crippen molar-refractivity contribution in [2.45, 2.75) is 25.4 Å². The van der Waals surface area contributed by atoms with Crippen LogP contribution < -0.4 is 5.32 Å². The van der Waals surface area contributed by atoms with E-state index in [1.807, 2.05) is 30.3 Å². The Kier molecular flexibility index (Phi) is 5.16. The average Bonchev–Trinajstić information content (AvgIpc) is 2.48. The first kappa shape index (κ1) is 14.6. The van der Waals surface area contributed by atoms with Crippen molar-refractivity contribution in [3.63, 3.8) is 0 Å². The van der Waals surface area contributed by atoms with Crippen LogP contribution in [0.4, 0.5) is 0 Å². The van der Waals surface area contributed by atoms with Crippen LogP contribution in [0.15, 0.2) is 54.6 Å². The normalized spacial score (nSPS) is 13.9. The molecule has 0 amide bonds. The van der Waals surface area contributed by atoms with E-state index in [1.165, 1.54) is 5.56 Å². The summed E-state index contributed by atoms with van der Waals surface area (Å²) in [6.07, 6.45) is 0.791. The summed E-state index contributed by atoms with van der Waals surface area (Å²) in [4.78, 5) is 0. The molecule has 0 aliphatic rings. The van der Waals surface area contributed by atoms with Crippen molar-refractivity contribution in [3.05, 3.63) is 65.7 Å². The number of aliphatic hydroxyl groups is 1. The topological polar surface area (TPSA) is 52.5 Å². The molecule has 0 aliphatic carbocycles. The summed E-state index contributed by atoms with van der Waals surface area (Å²) < 4.78 is 0. The van der Waals surface area contributed by atoms with Crippen LogP contribution in [0, 0.1) is 0 Å². The SMILES string of the molecule is CC(N[C@@H](CO)Cc1ccccc1)c1ccc(O)cc1. The fourth-order valence-electron chi connectivity index (χ4n) is 2.29. The van der Waals surface area contributed by atoms with E-state index in [2.05, 4.69) is 24.4 Å². The van der Waals surface area contributed by atoms with Crippen LogP contribution in [-0.2, 0) is 6.42 Å². The Morgan fingerprint density at radius 2 is 1.65 bits per heavy atom. The van der Waals surface area contributed by atoms with Gasteiger partial charge in [0, 0.05) is 12.1 Å². The van der Waals surface area contributed by atoms with Crippen molar-refractivity contribution in [1.29, 1.82) is 0 Å². The number of hydrogen-bond donors (Lipinski definition) is 3. The molecule has 0 aromatic heterocycles. The highest BCUT2D eigenvalue weighted by Crippen LogP contribution is 2.17. The van der Waals surface area contributed by atoms with Gasteiger partial charge in [-0.3, -0.25) is 0 Å². The van der Waals surface area contributed by atoms with Crippen molar-refractivity contribution in [2.24, 2.45) is 0 Å². The van der Waals surface area contributed by atoms with E-state index in [0.29, 0.717) is 0 Å². The number of rotatable bonds is 6. The second-order valence-corrected chi connectivity index (χ2v) is 5.05. The molecule has 2 rings (SSSR count). The third-order valence-corrected chi connectivity index (χ3v) is 3.42. The molecule has 0 spiro atoms. The molecule has 3 nitrogen and oxygen atoms in total. The van der Waals surface area contributed by atoms with E-state index in [4.69, 9.17) is 0 Å². The predicted octanol–water partition coefficient (Wildman–Crippen LogP) is 2.65. The minimum atomic E-state index is 0.0150. The molecule has 0 aliphatic heterocycles. The number of phenols is 1. The summed E-state index contributed by atoms with van der Waals surface area (Å²) in [7, 11) is 0. The van der Waals surface area contributed by atoms with Crippen molar-refractivity contribution >= 4 is 0 Å². The Hall–Kier alpha value is -1.84. The van der Waals surface area contributed by atoms with E-state index in [9.17, 15) is 10.2 Å². The minimum absolute atomic E-state index is 0.0150. The Balaban J connectivity index is 1.97. The lowest BCUT2D eigenvalue weighted by Gasteiger charge is -2.22. The number of nitrogens with one attached hydrogen (secondary N) is 1. The van der Waals surface area contributed by atoms with Crippen molar-refractivity contribution in [3.8, 4) is 5.75 Å². The summed E-state index contributed by atoms with van der Waals surface area (Å²) in [6, 6.07) is 17.4. The number of phenolic OH excluding ortho intramolecular Hbond substituents is 1. The van der Waals surface area contributed by atoms with E-state index in [-0.39, 0.29) is 24.4 Å². The van der Waals surface area contributed by atoms with Gasteiger partial charge in [-0.15, -0.1) is 0 Å². The molecule has 0 radical (unpaired) electrons. The Bertz CT molecular complexity index is 510. The van der Waals surface area contributed by atoms with Crippen LogP contribution in [0.1, 0.15) is 24.1 Å². The molecule has 0 saturated heterocycles. The molecule has 106 valence electrons. The van der Waals surface area contributed by atoms with Crippen LogP contribution in [0.25, 0.3) is 0 Å². The molecule has 1 unspecified atom stereocenters. The van der Waals surface area contributed by atoms with Crippen LogP contribution in [0.3, 0.4) is 0 Å². The van der Waals surface area contributed by atoms with Crippen LogP contribution in [-0.4, -0.2) is 22.9 Å². The Labute approximate surface area is 119 Å². The number of hydrogen-bond acceptors (Lipinski definition) is 3. The van der Waals surface area contributed by atoms with Gasteiger partial charge in [-0.2, -0.15) is 0 Å².